The highest BCUT2D eigenvalue weighted by molar-refractivity contribution is 7.99. The van der Waals surface area contributed by atoms with E-state index in [4.69, 9.17) is 4.98 Å². The van der Waals surface area contributed by atoms with Crippen LogP contribution in [0.4, 0.5) is 0 Å². The van der Waals surface area contributed by atoms with Gasteiger partial charge in [-0.15, -0.1) is 11.3 Å². The van der Waals surface area contributed by atoms with Gasteiger partial charge in [0.15, 0.2) is 5.16 Å². The van der Waals surface area contributed by atoms with Crippen LogP contribution in [0.5, 0.6) is 0 Å². The minimum Gasteiger partial charge on any atom is -0.548 e. The highest BCUT2D eigenvalue weighted by atomic mass is 32.2. The SMILES string of the molecule is Cc1ccc(C)c(-n2c(SCC(=O)N3Cc4ccccc4C[C@H]3C(=O)[O-])nc3cc(-c4ccccc4)sc3c2=O)c1. The maximum absolute atomic E-state index is 14.0. The number of fused-ring (bicyclic) bond motifs is 2. The molecule has 3 aromatic carbocycles. The fourth-order valence-corrected chi connectivity index (χ4v) is 7.10. The summed E-state index contributed by atoms with van der Waals surface area (Å²) in [6.45, 7) is 4.09. The van der Waals surface area contributed by atoms with Crippen LogP contribution in [-0.4, -0.2) is 38.1 Å². The standard InChI is InChI=1S/C32H27N3O4S2/c1-19-12-13-20(2)25(14-19)35-30(37)29-24(16-27(41-29)21-8-4-3-5-9-21)33-32(35)40-18-28(36)34-17-23-11-7-6-10-22(23)15-26(34)31(38)39/h3-14,16,26H,15,17-18H2,1-2H3,(H,38,39)/p-1/t26-/m0/s1. The van der Waals surface area contributed by atoms with Gasteiger partial charge in [0.1, 0.15) is 4.70 Å². The Morgan fingerprint density at radius 1 is 1.00 bits per heavy atom. The number of aryl methyl sites for hydroxylation is 2. The highest BCUT2D eigenvalue weighted by Crippen LogP contribution is 2.33. The average molecular weight is 581 g/mol. The van der Waals surface area contributed by atoms with Crippen LogP contribution < -0.4 is 10.7 Å². The lowest BCUT2D eigenvalue weighted by Gasteiger charge is -2.37. The van der Waals surface area contributed by atoms with Crippen molar-refractivity contribution >= 4 is 45.2 Å². The van der Waals surface area contributed by atoms with E-state index in [0.29, 0.717) is 21.1 Å². The number of amides is 1. The van der Waals surface area contributed by atoms with Crippen LogP contribution >= 0.6 is 23.1 Å². The van der Waals surface area contributed by atoms with Gasteiger partial charge in [0, 0.05) is 11.4 Å². The lowest BCUT2D eigenvalue weighted by atomic mass is 9.94. The van der Waals surface area contributed by atoms with Crippen molar-refractivity contribution in [3.05, 3.63) is 111 Å². The number of hydrogen-bond acceptors (Lipinski definition) is 7. The number of rotatable bonds is 6. The molecule has 0 N–H and O–H groups in total. The quantitative estimate of drug-likeness (QED) is 0.216. The van der Waals surface area contributed by atoms with E-state index in [9.17, 15) is 19.5 Å². The Kier molecular flexibility index (Phi) is 7.23. The van der Waals surface area contributed by atoms with Gasteiger partial charge in [0.05, 0.1) is 29.0 Å². The number of carboxylic acids is 1. The van der Waals surface area contributed by atoms with Crippen molar-refractivity contribution in [3.8, 4) is 16.1 Å². The Bertz CT molecular complexity index is 1860. The summed E-state index contributed by atoms with van der Waals surface area (Å²) >= 11 is 2.54. The molecule has 0 bridgehead atoms. The van der Waals surface area contributed by atoms with Crippen LogP contribution in [0.1, 0.15) is 22.3 Å². The molecule has 206 valence electrons. The number of thioether (sulfide) groups is 1. The summed E-state index contributed by atoms with van der Waals surface area (Å²) in [5.41, 5.74) is 5.77. The lowest BCUT2D eigenvalue weighted by molar-refractivity contribution is -0.311. The minimum absolute atomic E-state index is 0.0789. The van der Waals surface area contributed by atoms with Gasteiger partial charge in [-0.3, -0.25) is 14.2 Å². The van der Waals surface area contributed by atoms with Crippen LogP contribution in [0.25, 0.3) is 26.3 Å². The van der Waals surface area contributed by atoms with E-state index in [1.165, 1.54) is 16.2 Å². The third-order valence-electron chi connectivity index (χ3n) is 7.35. The third kappa shape index (κ3) is 5.18. The summed E-state index contributed by atoms with van der Waals surface area (Å²) in [7, 11) is 0. The van der Waals surface area contributed by atoms with Gasteiger partial charge in [-0.2, -0.15) is 0 Å². The summed E-state index contributed by atoms with van der Waals surface area (Å²) in [5, 5.41) is 12.4. The van der Waals surface area contributed by atoms with Gasteiger partial charge in [-0.25, -0.2) is 4.98 Å². The molecule has 1 atom stereocenters. The van der Waals surface area contributed by atoms with E-state index in [2.05, 4.69) is 0 Å². The molecular formula is C32H26N3O4S2-. The average Bonchev–Trinajstić information content (AvgIpc) is 3.42. The molecule has 1 aliphatic heterocycles. The number of aliphatic carboxylic acids is 1. The second-order valence-electron chi connectivity index (χ2n) is 10.1. The number of aromatic nitrogens is 2. The van der Waals surface area contributed by atoms with E-state index in [0.717, 1.165) is 44.5 Å². The van der Waals surface area contributed by atoms with Crippen molar-refractivity contribution in [1.82, 2.24) is 14.5 Å². The van der Waals surface area contributed by atoms with Crippen LogP contribution in [0, 0.1) is 13.8 Å². The smallest absolute Gasteiger partial charge is 0.276 e. The third-order valence-corrected chi connectivity index (χ3v) is 9.43. The Labute approximate surface area is 245 Å². The molecule has 9 heteroatoms. The lowest BCUT2D eigenvalue weighted by Crippen LogP contribution is -2.54. The molecule has 7 nitrogen and oxygen atoms in total. The Morgan fingerprint density at radius 3 is 2.49 bits per heavy atom. The number of thiophene rings is 1. The first kappa shape index (κ1) is 27.0. The van der Waals surface area contributed by atoms with E-state index >= 15 is 0 Å². The molecule has 5 aromatic rings. The molecule has 41 heavy (non-hydrogen) atoms. The molecule has 0 unspecified atom stereocenters. The number of carboxylic acid groups (broad SMARTS) is 1. The summed E-state index contributed by atoms with van der Waals surface area (Å²) in [6, 6.07) is 24.1. The summed E-state index contributed by atoms with van der Waals surface area (Å²) < 4.78 is 2.11. The second kappa shape index (κ2) is 11.0. The van der Waals surface area contributed by atoms with Crippen molar-refractivity contribution in [3.63, 3.8) is 0 Å². The number of hydrogen-bond donors (Lipinski definition) is 0. The predicted molar refractivity (Wildman–Crippen MR) is 160 cm³/mol. The molecule has 0 spiro atoms. The Morgan fingerprint density at radius 2 is 1.73 bits per heavy atom. The van der Waals surface area contributed by atoms with Crippen molar-refractivity contribution in [2.45, 2.75) is 38.0 Å². The fraction of sp³-hybridized carbons (Fsp3) is 0.188. The Balaban J connectivity index is 1.40. The summed E-state index contributed by atoms with van der Waals surface area (Å²) in [6.07, 6.45) is 0.198. The van der Waals surface area contributed by atoms with Gasteiger partial charge in [0.25, 0.3) is 5.56 Å². The molecule has 1 aliphatic rings. The monoisotopic (exact) mass is 580 g/mol. The fourth-order valence-electron chi connectivity index (χ4n) is 5.18. The maximum Gasteiger partial charge on any atom is 0.276 e. The van der Waals surface area contributed by atoms with Crippen molar-refractivity contribution < 1.29 is 14.7 Å². The maximum atomic E-state index is 14.0. The first-order valence-electron chi connectivity index (χ1n) is 13.2. The summed E-state index contributed by atoms with van der Waals surface area (Å²) in [4.78, 5) is 46.7. The molecule has 0 saturated heterocycles. The zero-order valence-electron chi connectivity index (χ0n) is 22.5. The molecule has 0 saturated carbocycles. The summed E-state index contributed by atoms with van der Waals surface area (Å²) in [5.74, 6) is -1.71. The predicted octanol–water partition coefficient (Wildman–Crippen LogP) is 4.53. The molecule has 1 amide bonds. The molecule has 0 fully saturated rings. The van der Waals surface area contributed by atoms with Crippen LogP contribution in [0.15, 0.2) is 88.8 Å². The van der Waals surface area contributed by atoms with Crippen molar-refractivity contribution in [1.29, 1.82) is 0 Å². The van der Waals surface area contributed by atoms with Gasteiger partial charge in [0.2, 0.25) is 5.91 Å². The topological polar surface area (TPSA) is 95.3 Å². The van der Waals surface area contributed by atoms with E-state index < -0.39 is 12.0 Å². The number of benzene rings is 3. The second-order valence-corrected chi connectivity index (χ2v) is 12.1. The van der Waals surface area contributed by atoms with Crippen molar-refractivity contribution in [2.75, 3.05) is 5.75 Å². The van der Waals surface area contributed by atoms with Gasteiger partial charge in [-0.1, -0.05) is 78.5 Å². The number of carbonyl (C=O) groups excluding carboxylic acids is 2. The van der Waals surface area contributed by atoms with Gasteiger partial charge in [-0.05, 0) is 60.2 Å². The van der Waals surface area contributed by atoms with Crippen LogP contribution in [0.2, 0.25) is 0 Å². The first-order chi connectivity index (χ1) is 19.8. The normalized spacial score (nSPS) is 14.7. The van der Waals surface area contributed by atoms with Gasteiger partial charge < -0.3 is 14.8 Å². The zero-order valence-corrected chi connectivity index (χ0v) is 24.1. The van der Waals surface area contributed by atoms with Crippen molar-refractivity contribution in [2.24, 2.45) is 0 Å². The number of nitrogens with zero attached hydrogens (tertiary/aromatic N) is 3. The number of carbonyl (C=O) groups is 2. The molecule has 0 radical (unpaired) electrons. The molecule has 0 aliphatic carbocycles. The minimum atomic E-state index is -1.28. The zero-order chi connectivity index (χ0) is 28.7. The first-order valence-corrected chi connectivity index (χ1v) is 15.0. The van der Waals surface area contributed by atoms with Crippen LogP contribution in [0.3, 0.4) is 0 Å². The van der Waals surface area contributed by atoms with E-state index in [1.54, 1.807) is 4.57 Å². The largest absolute Gasteiger partial charge is 0.548 e. The Hall–Kier alpha value is -4.21. The van der Waals surface area contributed by atoms with E-state index in [1.807, 2.05) is 92.7 Å². The molecular weight excluding hydrogens is 555 g/mol. The van der Waals surface area contributed by atoms with Crippen LogP contribution in [-0.2, 0) is 22.6 Å². The van der Waals surface area contributed by atoms with Gasteiger partial charge >= 0.3 is 0 Å². The molecule has 6 rings (SSSR count). The highest BCUT2D eigenvalue weighted by Gasteiger charge is 2.31. The molecule has 3 heterocycles. The van der Waals surface area contributed by atoms with E-state index in [-0.39, 0.29) is 30.2 Å². The molecule has 2 aromatic heterocycles.